The minimum Gasteiger partial charge on any atom is -0.298 e. The largest absolute Gasteiger partial charge is 0.298 e. The van der Waals surface area contributed by atoms with Gasteiger partial charge in [-0.1, -0.05) is 29.3 Å². The second-order valence-electron chi connectivity index (χ2n) is 3.97. The van der Waals surface area contributed by atoms with Gasteiger partial charge in [0.1, 0.15) is 0 Å². The summed E-state index contributed by atoms with van der Waals surface area (Å²) in [5, 5.41) is 4.76. The van der Waals surface area contributed by atoms with Gasteiger partial charge in [-0.3, -0.25) is 25.8 Å². The molecule has 0 aliphatic heterocycles. The first-order valence-corrected chi connectivity index (χ1v) is 7.92. The molecule has 0 radical (unpaired) electrons. The highest BCUT2D eigenvalue weighted by Gasteiger charge is 2.11. The van der Waals surface area contributed by atoms with E-state index in [4.69, 9.17) is 35.4 Å². The summed E-state index contributed by atoms with van der Waals surface area (Å²) in [6.07, 6.45) is 0. The Bertz CT molecular complexity index is 720. The van der Waals surface area contributed by atoms with Crippen LogP contribution in [-0.4, -0.2) is 16.9 Å². The molecule has 22 heavy (non-hydrogen) atoms. The van der Waals surface area contributed by atoms with E-state index in [-0.39, 0.29) is 16.0 Å². The number of benzene rings is 1. The highest BCUT2D eigenvalue weighted by atomic mass is 35.5. The van der Waals surface area contributed by atoms with E-state index in [0.717, 1.165) is 0 Å². The minimum absolute atomic E-state index is 0.0408. The average Bonchev–Trinajstić information content (AvgIpc) is 3.02. The number of hydrazine groups is 1. The molecule has 1 aromatic carbocycles. The number of thiocarbonyl (C=S) groups is 1. The van der Waals surface area contributed by atoms with Gasteiger partial charge in [-0.15, -0.1) is 11.3 Å². The van der Waals surface area contributed by atoms with Crippen molar-refractivity contribution in [2.24, 2.45) is 0 Å². The number of nitrogens with one attached hydrogen (secondary N) is 3. The van der Waals surface area contributed by atoms with Gasteiger partial charge in [-0.25, -0.2) is 0 Å². The van der Waals surface area contributed by atoms with Gasteiger partial charge in [-0.05, 0) is 41.9 Å². The van der Waals surface area contributed by atoms with E-state index in [1.54, 1.807) is 17.5 Å². The number of hydrogen-bond donors (Lipinski definition) is 3. The fourth-order valence-corrected chi connectivity index (χ4v) is 2.49. The van der Waals surface area contributed by atoms with Crippen molar-refractivity contribution < 1.29 is 9.59 Å². The standard InChI is InChI=1S/C13H9Cl2N3O2S2/c14-8-4-3-7(6-9(8)15)11(19)16-13(21)18-17-12(20)10-2-1-5-22-10/h1-6H,(H,17,20)(H2,16,18,19,21). The Morgan fingerprint density at radius 2 is 1.82 bits per heavy atom. The van der Waals surface area contributed by atoms with Gasteiger partial charge in [0.05, 0.1) is 14.9 Å². The lowest BCUT2D eigenvalue weighted by Crippen LogP contribution is -2.48. The van der Waals surface area contributed by atoms with Crippen molar-refractivity contribution in [1.29, 1.82) is 0 Å². The number of amides is 2. The quantitative estimate of drug-likeness (QED) is 0.558. The van der Waals surface area contributed by atoms with Crippen LogP contribution < -0.4 is 16.2 Å². The number of halogens is 2. The average molecular weight is 374 g/mol. The molecule has 1 aromatic heterocycles. The summed E-state index contributed by atoms with van der Waals surface area (Å²) in [5.41, 5.74) is 5.12. The molecule has 0 aliphatic carbocycles. The maximum absolute atomic E-state index is 11.9. The van der Waals surface area contributed by atoms with Crippen molar-refractivity contribution in [1.82, 2.24) is 16.2 Å². The Morgan fingerprint density at radius 1 is 1.05 bits per heavy atom. The second kappa shape index (κ2) is 7.55. The van der Waals surface area contributed by atoms with Gasteiger partial charge in [-0.2, -0.15) is 0 Å². The molecule has 3 N–H and O–H groups in total. The molecule has 5 nitrogen and oxygen atoms in total. The fraction of sp³-hybridized carbons (Fsp3) is 0. The van der Waals surface area contributed by atoms with Crippen LogP contribution in [0.25, 0.3) is 0 Å². The van der Waals surface area contributed by atoms with Gasteiger partial charge < -0.3 is 0 Å². The lowest BCUT2D eigenvalue weighted by atomic mass is 10.2. The second-order valence-corrected chi connectivity index (χ2v) is 6.14. The molecule has 0 unspecified atom stereocenters. The number of hydrogen-bond acceptors (Lipinski definition) is 4. The third-order valence-corrected chi connectivity index (χ3v) is 4.26. The molecule has 9 heteroatoms. The van der Waals surface area contributed by atoms with Gasteiger partial charge in [0.2, 0.25) is 0 Å². The number of rotatable bonds is 2. The molecule has 1 heterocycles. The van der Waals surface area contributed by atoms with E-state index in [1.807, 2.05) is 0 Å². The summed E-state index contributed by atoms with van der Waals surface area (Å²) in [7, 11) is 0. The van der Waals surface area contributed by atoms with Crippen LogP contribution in [0.4, 0.5) is 0 Å². The first-order chi connectivity index (χ1) is 10.5. The first kappa shape index (κ1) is 16.7. The van der Waals surface area contributed by atoms with E-state index in [2.05, 4.69) is 16.2 Å². The maximum atomic E-state index is 11.9. The zero-order valence-corrected chi connectivity index (χ0v) is 14.0. The molecular formula is C13H9Cl2N3O2S2. The topological polar surface area (TPSA) is 70.2 Å². The van der Waals surface area contributed by atoms with Crippen LogP contribution in [-0.2, 0) is 0 Å². The normalized spacial score (nSPS) is 9.91. The van der Waals surface area contributed by atoms with Gasteiger partial charge in [0.25, 0.3) is 11.8 Å². The van der Waals surface area contributed by atoms with E-state index < -0.39 is 5.91 Å². The molecule has 0 saturated heterocycles. The van der Waals surface area contributed by atoms with Crippen molar-refractivity contribution >= 4 is 63.7 Å². The molecule has 0 bridgehead atoms. The summed E-state index contributed by atoms with van der Waals surface area (Å²) in [4.78, 5) is 24.1. The predicted molar refractivity (Wildman–Crippen MR) is 91.4 cm³/mol. The monoisotopic (exact) mass is 373 g/mol. The summed E-state index contributed by atoms with van der Waals surface area (Å²) < 4.78 is 0. The Morgan fingerprint density at radius 3 is 2.45 bits per heavy atom. The third kappa shape index (κ3) is 4.41. The van der Waals surface area contributed by atoms with Crippen molar-refractivity contribution in [3.63, 3.8) is 0 Å². The molecule has 2 aromatic rings. The number of thiophene rings is 1. The molecule has 2 amide bonds. The molecule has 0 saturated carbocycles. The fourth-order valence-electron chi connectivity index (χ4n) is 1.43. The van der Waals surface area contributed by atoms with Crippen LogP contribution in [0.15, 0.2) is 35.7 Å². The highest BCUT2D eigenvalue weighted by molar-refractivity contribution is 7.80. The smallest absolute Gasteiger partial charge is 0.279 e. The molecule has 0 aliphatic rings. The molecule has 0 atom stereocenters. The van der Waals surface area contributed by atoms with Crippen LogP contribution in [0, 0.1) is 0 Å². The maximum Gasteiger partial charge on any atom is 0.279 e. The van der Waals surface area contributed by atoms with Crippen LogP contribution in [0.1, 0.15) is 20.0 Å². The number of carbonyl (C=O) groups excluding carboxylic acids is 2. The summed E-state index contributed by atoms with van der Waals surface area (Å²) in [5.74, 6) is -0.817. The van der Waals surface area contributed by atoms with Crippen molar-refractivity contribution in [2.45, 2.75) is 0 Å². The van der Waals surface area contributed by atoms with Crippen LogP contribution in [0.3, 0.4) is 0 Å². The molecule has 2 rings (SSSR count). The first-order valence-electron chi connectivity index (χ1n) is 5.87. The van der Waals surface area contributed by atoms with E-state index in [1.165, 1.54) is 29.5 Å². The lowest BCUT2D eigenvalue weighted by Gasteiger charge is -2.10. The molecular weight excluding hydrogens is 365 g/mol. The molecule has 114 valence electrons. The minimum atomic E-state index is -0.471. The Hall–Kier alpha value is -1.67. The van der Waals surface area contributed by atoms with E-state index in [0.29, 0.717) is 15.5 Å². The zero-order chi connectivity index (χ0) is 16.1. The van der Waals surface area contributed by atoms with Crippen molar-refractivity contribution in [3.05, 3.63) is 56.2 Å². The van der Waals surface area contributed by atoms with Gasteiger partial charge in [0, 0.05) is 5.56 Å². The highest BCUT2D eigenvalue weighted by Crippen LogP contribution is 2.22. The predicted octanol–water partition coefficient (Wildman–Crippen LogP) is 3.00. The van der Waals surface area contributed by atoms with Crippen LogP contribution >= 0.6 is 46.8 Å². The van der Waals surface area contributed by atoms with E-state index in [9.17, 15) is 9.59 Å². The van der Waals surface area contributed by atoms with Crippen molar-refractivity contribution in [3.8, 4) is 0 Å². The molecule has 0 fully saturated rings. The summed E-state index contributed by atoms with van der Waals surface area (Å²) >= 11 is 17.8. The van der Waals surface area contributed by atoms with Crippen LogP contribution in [0.2, 0.25) is 10.0 Å². The zero-order valence-electron chi connectivity index (χ0n) is 10.9. The van der Waals surface area contributed by atoms with Gasteiger partial charge >= 0.3 is 0 Å². The molecule has 0 spiro atoms. The Kier molecular flexibility index (Phi) is 5.73. The Balaban J connectivity index is 1.87. The Labute approximate surface area is 145 Å². The third-order valence-electron chi connectivity index (χ3n) is 2.44. The van der Waals surface area contributed by atoms with Crippen LogP contribution in [0.5, 0.6) is 0 Å². The lowest BCUT2D eigenvalue weighted by molar-refractivity contribution is 0.0938. The summed E-state index contributed by atoms with van der Waals surface area (Å²) in [6.45, 7) is 0. The van der Waals surface area contributed by atoms with E-state index >= 15 is 0 Å². The SMILES string of the molecule is O=C(NC(=S)NNC(=O)c1cccs1)c1ccc(Cl)c(Cl)c1. The van der Waals surface area contributed by atoms with Crippen molar-refractivity contribution in [2.75, 3.05) is 0 Å². The summed E-state index contributed by atoms with van der Waals surface area (Å²) in [6, 6.07) is 7.86. The number of carbonyl (C=O) groups is 2. The van der Waals surface area contributed by atoms with Gasteiger partial charge in [0.15, 0.2) is 5.11 Å².